The van der Waals surface area contributed by atoms with Crippen molar-refractivity contribution in [3.8, 4) is 0 Å². The van der Waals surface area contributed by atoms with Crippen LogP contribution in [-0.4, -0.2) is 21.4 Å². The maximum absolute atomic E-state index is 12.9. The third-order valence-corrected chi connectivity index (χ3v) is 7.38. The van der Waals surface area contributed by atoms with Gasteiger partial charge in [-0.25, -0.2) is 0 Å². The van der Waals surface area contributed by atoms with Crippen LogP contribution in [0.1, 0.15) is 61.3 Å². The molecule has 1 fully saturated rings. The van der Waals surface area contributed by atoms with Crippen LogP contribution in [0.2, 0.25) is 0 Å². The topological polar surface area (TPSA) is 37.3 Å². The first-order valence-corrected chi connectivity index (χ1v) is 10.0. The van der Waals surface area contributed by atoms with E-state index in [2.05, 4.69) is 26.0 Å². The number of aliphatic hydroxyl groups excluding tert-OH is 1. The largest absolute Gasteiger partial charge is 0.512 e. The van der Waals surface area contributed by atoms with Gasteiger partial charge in [-0.3, -0.25) is 4.79 Å². The first kappa shape index (κ1) is 17.6. The number of carbonyl (C=O) groups is 1. The number of benzene rings is 1. The number of hydrogen-bond acceptors (Lipinski definition) is 3. The van der Waals surface area contributed by atoms with Gasteiger partial charge in [0, 0.05) is 17.6 Å². The Hall–Kier alpha value is -1.22. The fourth-order valence-corrected chi connectivity index (χ4v) is 5.63. The van der Waals surface area contributed by atoms with E-state index >= 15 is 0 Å². The summed E-state index contributed by atoms with van der Waals surface area (Å²) in [6.07, 6.45) is 4.80. The minimum absolute atomic E-state index is 0.127. The highest BCUT2D eigenvalue weighted by molar-refractivity contribution is 8.00. The van der Waals surface area contributed by atoms with Crippen LogP contribution in [0.25, 0.3) is 5.57 Å². The predicted octanol–water partition coefficient (Wildman–Crippen LogP) is 5.54. The van der Waals surface area contributed by atoms with Crippen LogP contribution in [0.5, 0.6) is 0 Å². The van der Waals surface area contributed by atoms with Gasteiger partial charge in [0.05, 0.1) is 5.57 Å². The van der Waals surface area contributed by atoms with Gasteiger partial charge in [-0.1, -0.05) is 24.6 Å². The van der Waals surface area contributed by atoms with Gasteiger partial charge in [-0.2, -0.15) is 11.8 Å². The lowest BCUT2D eigenvalue weighted by Gasteiger charge is -2.31. The van der Waals surface area contributed by atoms with Gasteiger partial charge in [-0.05, 0) is 68.4 Å². The van der Waals surface area contributed by atoms with Gasteiger partial charge in [-0.15, -0.1) is 0 Å². The fourth-order valence-electron chi connectivity index (χ4n) is 4.22. The van der Waals surface area contributed by atoms with Crippen LogP contribution in [0.15, 0.2) is 17.9 Å². The lowest BCUT2D eigenvalue weighted by Crippen LogP contribution is -2.28. The van der Waals surface area contributed by atoms with Crippen molar-refractivity contribution in [3.63, 3.8) is 0 Å². The fraction of sp³-hybridized carbons (Fsp3) is 0.571. The smallest absolute Gasteiger partial charge is 0.167 e. The maximum atomic E-state index is 12.9. The summed E-state index contributed by atoms with van der Waals surface area (Å²) in [5, 5.41) is 10.7. The number of rotatable bonds is 5. The SMILES string of the molecule is CCCSC1(C2CC(=O)C(c3c(C)cc(C)cc3C)=C(O)C2)CC1. The zero-order valence-corrected chi connectivity index (χ0v) is 16.1. The minimum Gasteiger partial charge on any atom is -0.512 e. The van der Waals surface area contributed by atoms with E-state index in [0.717, 1.165) is 22.4 Å². The Kier molecular flexibility index (Phi) is 4.83. The molecule has 1 N–H and O–H groups in total. The summed E-state index contributed by atoms with van der Waals surface area (Å²) in [6.45, 7) is 8.34. The van der Waals surface area contributed by atoms with E-state index in [4.69, 9.17) is 0 Å². The summed E-state index contributed by atoms with van der Waals surface area (Å²) < 4.78 is 0.253. The van der Waals surface area contributed by atoms with Crippen LogP contribution >= 0.6 is 11.8 Å². The van der Waals surface area contributed by atoms with Gasteiger partial charge in [0.2, 0.25) is 0 Å². The van der Waals surface area contributed by atoms with Crippen molar-refractivity contribution in [2.24, 2.45) is 5.92 Å². The van der Waals surface area contributed by atoms with E-state index in [1.807, 2.05) is 25.6 Å². The second-order valence-electron chi connectivity index (χ2n) is 7.54. The Bertz CT molecular complexity index is 675. The standard InChI is InChI=1S/C21H28O2S/c1-5-8-24-21(6-7-21)16-11-17(22)20(18(23)12-16)19-14(3)9-13(2)10-15(19)4/h9-10,16,22H,5-8,11-12H2,1-4H3. The van der Waals surface area contributed by atoms with Crippen LogP contribution in [-0.2, 0) is 4.79 Å². The van der Waals surface area contributed by atoms with Crippen LogP contribution in [0.4, 0.5) is 0 Å². The Morgan fingerprint density at radius 3 is 2.29 bits per heavy atom. The molecule has 3 heteroatoms. The first-order chi connectivity index (χ1) is 11.4. The highest BCUT2D eigenvalue weighted by Gasteiger charge is 2.51. The predicted molar refractivity (Wildman–Crippen MR) is 103 cm³/mol. The third-order valence-electron chi connectivity index (χ3n) is 5.45. The number of ketones is 1. The van der Waals surface area contributed by atoms with E-state index in [1.165, 1.54) is 24.8 Å². The maximum Gasteiger partial charge on any atom is 0.167 e. The van der Waals surface area contributed by atoms with E-state index in [-0.39, 0.29) is 10.5 Å². The van der Waals surface area contributed by atoms with E-state index in [9.17, 15) is 9.90 Å². The Balaban J connectivity index is 1.92. The molecule has 0 aromatic heterocycles. The monoisotopic (exact) mass is 344 g/mol. The molecule has 1 unspecified atom stereocenters. The highest BCUT2D eigenvalue weighted by Crippen LogP contribution is 2.58. The Labute approximate surface area is 149 Å². The molecule has 0 amide bonds. The zero-order valence-electron chi connectivity index (χ0n) is 15.2. The normalized spacial score (nSPS) is 22.8. The molecular weight excluding hydrogens is 316 g/mol. The number of Topliss-reactive ketones (excluding diaryl/α,β-unsaturated/α-hetero) is 1. The number of aliphatic hydroxyl groups is 1. The molecule has 0 radical (unpaired) electrons. The Morgan fingerprint density at radius 1 is 1.17 bits per heavy atom. The number of hydrogen-bond donors (Lipinski definition) is 1. The summed E-state index contributed by atoms with van der Waals surface area (Å²) in [5.41, 5.74) is 4.90. The number of carbonyl (C=O) groups excluding carboxylic acids is 1. The highest BCUT2D eigenvalue weighted by atomic mass is 32.2. The van der Waals surface area contributed by atoms with Gasteiger partial charge in [0.25, 0.3) is 0 Å². The van der Waals surface area contributed by atoms with Crippen LogP contribution < -0.4 is 0 Å². The van der Waals surface area contributed by atoms with Crippen molar-refractivity contribution in [1.82, 2.24) is 0 Å². The lowest BCUT2D eigenvalue weighted by molar-refractivity contribution is -0.115. The molecule has 2 aliphatic rings. The molecule has 1 atom stereocenters. The van der Waals surface area contributed by atoms with E-state index in [0.29, 0.717) is 30.1 Å². The van der Waals surface area contributed by atoms with Gasteiger partial charge < -0.3 is 5.11 Å². The minimum atomic E-state index is 0.127. The summed E-state index contributed by atoms with van der Waals surface area (Å²) >= 11 is 2.02. The van der Waals surface area contributed by atoms with Crippen molar-refractivity contribution in [1.29, 1.82) is 0 Å². The molecule has 24 heavy (non-hydrogen) atoms. The summed E-state index contributed by atoms with van der Waals surface area (Å²) in [7, 11) is 0. The molecule has 0 aliphatic heterocycles. The number of thioether (sulfide) groups is 1. The molecule has 2 aliphatic carbocycles. The van der Waals surface area contributed by atoms with Crippen LogP contribution in [0.3, 0.4) is 0 Å². The van der Waals surface area contributed by atoms with Crippen molar-refractivity contribution >= 4 is 23.1 Å². The average molecular weight is 345 g/mol. The van der Waals surface area contributed by atoms with Gasteiger partial charge >= 0.3 is 0 Å². The Morgan fingerprint density at radius 2 is 1.79 bits per heavy atom. The molecule has 3 rings (SSSR count). The summed E-state index contributed by atoms with van der Waals surface area (Å²) in [4.78, 5) is 12.9. The first-order valence-electron chi connectivity index (χ1n) is 9.05. The van der Waals surface area contributed by atoms with Crippen molar-refractivity contribution in [2.45, 2.75) is 64.5 Å². The molecule has 0 spiro atoms. The van der Waals surface area contributed by atoms with E-state index in [1.54, 1.807) is 0 Å². The molecule has 1 aromatic rings. The molecule has 130 valence electrons. The van der Waals surface area contributed by atoms with Crippen molar-refractivity contribution in [3.05, 3.63) is 40.1 Å². The number of aryl methyl sites for hydroxylation is 3. The second kappa shape index (κ2) is 6.59. The zero-order chi connectivity index (χ0) is 17.5. The summed E-state index contributed by atoms with van der Waals surface area (Å²) in [6, 6.07) is 4.20. The second-order valence-corrected chi connectivity index (χ2v) is 9.05. The number of allylic oxidation sites excluding steroid dienone is 2. The van der Waals surface area contributed by atoms with E-state index < -0.39 is 0 Å². The quantitative estimate of drug-likeness (QED) is 0.762. The third kappa shape index (κ3) is 3.15. The lowest BCUT2D eigenvalue weighted by atomic mass is 9.79. The molecule has 0 saturated heterocycles. The molecule has 1 saturated carbocycles. The summed E-state index contributed by atoms with van der Waals surface area (Å²) in [5.74, 6) is 1.89. The molecule has 0 bridgehead atoms. The van der Waals surface area contributed by atoms with Crippen molar-refractivity contribution in [2.75, 3.05) is 5.75 Å². The van der Waals surface area contributed by atoms with Gasteiger partial charge in [0.1, 0.15) is 5.76 Å². The molecular formula is C21H28O2S. The van der Waals surface area contributed by atoms with Crippen molar-refractivity contribution < 1.29 is 9.90 Å². The molecule has 0 heterocycles. The molecule has 2 nitrogen and oxygen atoms in total. The van der Waals surface area contributed by atoms with Crippen LogP contribution in [0, 0.1) is 26.7 Å². The average Bonchev–Trinajstić information content (AvgIpc) is 3.28. The molecule has 1 aromatic carbocycles. The van der Waals surface area contributed by atoms with Gasteiger partial charge in [0.15, 0.2) is 5.78 Å².